The summed E-state index contributed by atoms with van der Waals surface area (Å²) in [5.41, 5.74) is -0.921. The molecule has 204 valence electrons. The Bertz CT molecular complexity index is 1030. The Morgan fingerprint density at radius 2 is 1.76 bits per heavy atom. The predicted molar refractivity (Wildman–Crippen MR) is 119 cm³/mol. The maximum Gasteiger partial charge on any atom is 0.338 e. The van der Waals surface area contributed by atoms with Crippen LogP contribution in [0.25, 0.3) is 0 Å². The van der Waals surface area contributed by atoms with Crippen molar-refractivity contribution in [2.75, 3.05) is 27.4 Å². The Hall–Kier alpha value is -2.49. The lowest BCUT2D eigenvalue weighted by Crippen LogP contribution is -2.60. The number of hydrogen-bond donors (Lipinski definition) is 5. The molecule has 0 spiro atoms. The maximum absolute atomic E-state index is 12.8. The normalized spacial score (nSPS) is 41.8. The number of aliphatic hydroxyl groups excluding tert-OH is 5. The lowest BCUT2D eigenvalue weighted by molar-refractivity contribution is -0.344. The highest BCUT2D eigenvalue weighted by atomic mass is 16.8. The Morgan fingerprint density at radius 3 is 2.46 bits per heavy atom. The van der Waals surface area contributed by atoms with Crippen molar-refractivity contribution in [1.29, 1.82) is 0 Å². The van der Waals surface area contributed by atoms with Crippen molar-refractivity contribution in [3.05, 3.63) is 36.1 Å². The molecule has 5 rings (SSSR count). The minimum atomic E-state index is -1.65. The molecule has 3 heterocycles. The number of methoxy groups -OCH3 is 2. The first-order chi connectivity index (χ1) is 17.7. The number of hydrogen-bond acceptors (Lipinski definition) is 13. The van der Waals surface area contributed by atoms with Gasteiger partial charge < -0.3 is 58.7 Å². The number of epoxide rings is 1. The monoisotopic (exact) mass is 526 g/mol. The summed E-state index contributed by atoms with van der Waals surface area (Å²) in [6.45, 7) is -0.850. The van der Waals surface area contributed by atoms with Crippen molar-refractivity contribution in [3.8, 4) is 11.5 Å². The molecule has 0 radical (unpaired) electrons. The zero-order valence-corrected chi connectivity index (χ0v) is 20.1. The van der Waals surface area contributed by atoms with Gasteiger partial charge in [-0.15, -0.1) is 0 Å². The highest BCUT2D eigenvalue weighted by molar-refractivity contribution is 5.90. The minimum absolute atomic E-state index is 0.218. The summed E-state index contributed by atoms with van der Waals surface area (Å²) in [6.07, 6.45) is -7.22. The van der Waals surface area contributed by atoms with E-state index in [1.807, 2.05) is 0 Å². The summed E-state index contributed by atoms with van der Waals surface area (Å²) >= 11 is 0. The van der Waals surface area contributed by atoms with Crippen molar-refractivity contribution in [3.63, 3.8) is 0 Å². The van der Waals surface area contributed by atoms with Crippen LogP contribution in [0.3, 0.4) is 0 Å². The van der Waals surface area contributed by atoms with Crippen LogP contribution in [0.1, 0.15) is 10.4 Å². The maximum atomic E-state index is 12.8. The summed E-state index contributed by atoms with van der Waals surface area (Å²) in [5, 5.41) is 50.8. The van der Waals surface area contributed by atoms with E-state index in [2.05, 4.69) is 0 Å². The van der Waals surface area contributed by atoms with E-state index in [1.165, 1.54) is 32.6 Å². The van der Waals surface area contributed by atoms with E-state index in [-0.39, 0.29) is 12.2 Å². The SMILES string of the molecule is COc1ccc(C(=O)OC[C@]23O[C@H]2[C@@H](O)[C@@H]2C=CO[C@@H](O[C@@H]4O[C@H](CO)[C@@H](O)[C@H](O)[C@H]4O)[C@@H]23)cc1OC. The van der Waals surface area contributed by atoms with Crippen molar-refractivity contribution in [2.24, 2.45) is 11.8 Å². The van der Waals surface area contributed by atoms with Gasteiger partial charge in [0.15, 0.2) is 17.8 Å². The smallest absolute Gasteiger partial charge is 0.338 e. The van der Waals surface area contributed by atoms with E-state index in [1.54, 1.807) is 12.1 Å². The molecule has 2 saturated heterocycles. The molecule has 0 bridgehead atoms. The molecule has 11 atom stereocenters. The number of carbonyl (C=O) groups is 1. The third-order valence-electron chi connectivity index (χ3n) is 7.43. The second-order valence-electron chi connectivity index (χ2n) is 9.40. The lowest BCUT2D eigenvalue weighted by Gasteiger charge is -2.43. The minimum Gasteiger partial charge on any atom is -0.493 e. The van der Waals surface area contributed by atoms with Gasteiger partial charge >= 0.3 is 5.97 Å². The second-order valence-corrected chi connectivity index (χ2v) is 9.40. The number of carbonyl (C=O) groups excluding carboxylic acids is 1. The fourth-order valence-corrected chi connectivity index (χ4v) is 5.38. The molecule has 1 saturated carbocycles. The first kappa shape index (κ1) is 26.1. The number of esters is 1. The van der Waals surface area contributed by atoms with Gasteiger partial charge in [0, 0.05) is 5.92 Å². The average Bonchev–Trinajstić information content (AvgIpc) is 3.60. The van der Waals surface area contributed by atoms with E-state index in [0.29, 0.717) is 11.5 Å². The van der Waals surface area contributed by atoms with Gasteiger partial charge in [0.25, 0.3) is 0 Å². The lowest BCUT2D eigenvalue weighted by atomic mass is 9.85. The number of fused-ring (bicyclic) bond motifs is 3. The number of ether oxygens (including phenoxy) is 7. The van der Waals surface area contributed by atoms with Crippen LogP contribution in [-0.4, -0.2) is 114 Å². The molecule has 3 fully saturated rings. The van der Waals surface area contributed by atoms with Crippen molar-refractivity contribution >= 4 is 5.97 Å². The molecule has 5 N–H and O–H groups in total. The molecule has 4 aliphatic rings. The standard InChI is InChI=1S/C24H30O13/c1-31-12-4-3-10(7-13(12)32-2)21(30)34-9-24-15-11(16(26)20(24)37-24)5-6-33-22(15)36-23-19(29)18(28)17(27)14(8-25)35-23/h3-7,11,14-20,22-23,25-29H,8-9H2,1-2H3/t11-,14-,15-,16+,17-,18+,19-,20+,22+,23+,24-/m1/s1. The molecular formula is C24H30O13. The Kier molecular flexibility index (Phi) is 7.06. The van der Waals surface area contributed by atoms with E-state index in [9.17, 15) is 30.3 Å². The second kappa shape index (κ2) is 10.0. The van der Waals surface area contributed by atoms with E-state index in [0.717, 1.165) is 0 Å². The molecule has 0 amide bonds. The third-order valence-corrected chi connectivity index (χ3v) is 7.43. The van der Waals surface area contributed by atoms with Gasteiger partial charge in [-0.3, -0.25) is 0 Å². The number of benzene rings is 1. The van der Waals surface area contributed by atoms with Gasteiger partial charge in [0.05, 0.1) is 44.7 Å². The zero-order chi connectivity index (χ0) is 26.5. The van der Waals surface area contributed by atoms with Gasteiger partial charge in [-0.05, 0) is 24.3 Å². The molecule has 1 aromatic carbocycles. The Balaban J connectivity index is 1.31. The molecule has 13 heteroatoms. The van der Waals surface area contributed by atoms with Crippen molar-refractivity contribution < 1.29 is 63.5 Å². The Morgan fingerprint density at radius 1 is 1.00 bits per heavy atom. The zero-order valence-electron chi connectivity index (χ0n) is 20.1. The summed E-state index contributed by atoms with van der Waals surface area (Å²) in [4.78, 5) is 12.8. The molecule has 1 aliphatic carbocycles. The molecule has 13 nitrogen and oxygen atoms in total. The van der Waals surface area contributed by atoms with Crippen LogP contribution in [0.2, 0.25) is 0 Å². The van der Waals surface area contributed by atoms with Crippen LogP contribution < -0.4 is 9.47 Å². The number of rotatable bonds is 8. The van der Waals surface area contributed by atoms with E-state index in [4.69, 9.17) is 33.2 Å². The van der Waals surface area contributed by atoms with Gasteiger partial charge in [-0.1, -0.05) is 0 Å². The van der Waals surface area contributed by atoms with Crippen LogP contribution >= 0.6 is 0 Å². The number of aliphatic hydroxyl groups is 5. The van der Waals surface area contributed by atoms with E-state index < -0.39 is 79.2 Å². The Labute approximate surface area is 211 Å². The summed E-state index contributed by atoms with van der Waals surface area (Å²) in [5.74, 6) is -1.01. The summed E-state index contributed by atoms with van der Waals surface area (Å²) in [7, 11) is 2.92. The average molecular weight is 526 g/mol. The summed E-state index contributed by atoms with van der Waals surface area (Å²) < 4.78 is 38.7. The highest BCUT2D eigenvalue weighted by Crippen LogP contribution is 2.60. The van der Waals surface area contributed by atoms with Gasteiger partial charge in [0.1, 0.15) is 42.7 Å². The molecule has 37 heavy (non-hydrogen) atoms. The van der Waals surface area contributed by atoms with Crippen LogP contribution in [0.15, 0.2) is 30.5 Å². The summed E-state index contributed by atoms with van der Waals surface area (Å²) in [6, 6.07) is 4.58. The van der Waals surface area contributed by atoms with E-state index >= 15 is 0 Å². The first-order valence-electron chi connectivity index (χ1n) is 11.8. The van der Waals surface area contributed by atoms with Crippen molar-refractivity contribution in [2.45, 2.75) is 54.8 Å². The fraction of sp³-hybridized carbons (Fsp3) is 0.625. The fourth-order valence-electron chi connectivity index (χ4n) is 5.38. The highest BCUT2D eigenvalue weighted by Gasteiger charge is 2.76. The van der Waals surface area contributed by atoms with Gasteiger partial charge in [-0.25, -0.2) is 4.79 Å². The van der Waals surface area contributed by atoms with Gasteiger partial charge in [0.2, 0.25) is 6.29 Å². The van der Waals surface area contributed by atoms with Crippen LogP contribution in [0.4, 0.5) is 0 Å². The third kappa shape index (κ3) is 4.34. The molecule has 0 aromatic heterocycles. The van der Waals surface area contributed by atoms with Crippen LogP contribution in [-0.2, 0) is 23.7 Å². The molecule has 3 aliphatic heterocycles. The van der Waals surface area contributed by atoms with Crippen LogP contribution in [0.5, 0.6) is 11.5 Å². The quantitative estimate of drug-likeness (QED) is 0.191. The van der Waals surface area contributed by atoms with Crippen molar-refractivity contribution in [1.82, 2.24) is 0 Å². The molecule has 1 aromatic rings. The predicted octanol–water partition coefficient (Wildman–Crippen LogP) is -1.71. The van der Waals surface area contributed by atoms with Gasteiger partial charge in [-0.2, -0.15) is 0 Å². The van der Waals surface area contributed by atoms with Crippen LogP contribution in [0, 0.1) is 11.8 Å². The first-order valence-corrected chi connectivity index (χ1v) is 11.8. The largest absolute Gasteiger partial charge is 0.493 e. The molecular weight excluding hydrogens is 496 g/mol. The topological polar surface area (TPSA) is 186 Å². The molecule has 0 unspecified atom stereocenters.